The Morgan fingerprint density at radius 3 is 2.21 bits per heavy atom. The number of carbonyl (C=O) groups excluding carboxylic acids is 1. The maximum Gasteiger partial charge on any atom is 0.355 e. The summed E-state index contributed by atoms with van der Waals surface area (Å²) in [5.74, 6) is 0.246. The minimum atomic E-state index is -0.414. The lowest BCUT2D eigenvalue weighted by Crippen LogP contribution is -2.22. The van der Waals surface area contributed by atoms with Crippen LogP contribution in [0, 0.1) is 5.82 Å². The zero-order valence-corrected chi connectivity index (χ0v) is 16.0. The third-order valence-corrected chi connectivity index (χ3v) is 5.25. The second kappa shape index (κ2) is 7.46. The van der Waals surface area contributed by atoms with Crippen LogP contribution in [0.5, 0.6) is 0 Å². The van der Waals surface area contributed by atoms with Crippen LogP contribution in [0.4, 0.5) is 10.2 Å². The molecule has 0 radical (unpaired) electrons. The average molecular weight is 379 g/mol. The molecule has 2 aromatic heterocycles. The van der Waals surface area contributed by atoms with Crippen molar-refractivity contribution in [3.05, 3.63) is 60.3 Å². The molecule has 4 rings (SSSR count). The van der Waals surface area contributed by atoms with Gasteiger partial charge in [0.2, 0.25) is 0 Å². The first-order chi connectivity index (χ1) is 13.6. The van der Waals surface area contributed by atoms with Gasteiger partial charge in [0.25, 0.3) is 0 Å². The molecule has 0 spiro atoms. The number of anilines is 1. The highest BCUT2D eigenvalue weighted by molar-refractivity contribution is 6.05. The number of nitrogens with zero attached hydrogens (tertiary/aromatic N) is 3. The predicted molar refractivity (Wildman–Crippen MR) is 107 cm³/mol. The van der Waals surface area contributed by atoms with E-state index in [0.717, 1.165) is 54.0 Å². The van der Waals surface area contributed by atoms with Gasteiger partial charge in [-0.1, -0.05) is 12.1 Å². The van der Waals surface area contributed by atoms with Crippen molar-refractivity contribution in [1.29, 1.82) is 0 Å². The Morgan fingerprint density at radius 2 is 1.61 bits per heavy atom. The van der Waals surface area contributed by atoms with Crippen LogP contribution in [-0.2, 0) is 11.8 Å². The van der Waals surface area contributed by atoms with Crippen molar-refractivity contribution in [2.45, 2.75) is 12.8 Å². The highest BCUT2D eigenvalue weighted by Gasteiger charge is 2.31. The van der Waals surface area contributed by atoms with E-state index in [9.17, 15) is 9.18 Å². The standard InChI is InChI=1S/C22H22FN3O2/c1-25-20(22(27)28-2)18(15-5-7-17(23)8-6-15)19(16-9-11-24-12-10-16)21(25)26-13-3-4-14-26/h5-12H,3-4,13-14H2,1-2H3. The lowest BCUT2D eigenvalue weighted by molar-refractivity contribution is 0.0591. The van der Waals surface area contributed by atoms with Crippen LogP contribution < -0.4 is 4.90 Å². The summed E-state index contributed by atoms with van der Waals surface area (Å²) in [6.07, 6.45) is 5.70. The Bertz CT molecular complexity index is 991. The normalized spacial score (nSPS) is 13.8. The molecule has 3 aromatic rings. The fourth-order valence-electron chi connectivity index (χ4n) is 4.00. The Morgan fingerprint density at radius 1 is 1.00 bits per heavy atom. The molecular weight excluding hydrogens is 357 g/mol. The first-order valence-electron chi connectivity index (χ1n) is 9.34. The molecule has 0 atom stereocenters. The number of methoxy groups -OCH3 is 1. The highest BCUT2D eigenvalue weighted by atomic mass is 19.1. The highest BCUT2D eigenvalue weighted by Crippen LogP contribution is 2.45. The third-order valence-electron chi connectivity index (χ3n) is 5.25. The molecule has 0 N–H and O–H groups in total. The van der Waals surface area contributed by atoms with Gasteiger partial charge in [-0.3, -0.25) is 4.98 Å². The lowest BCUT2D eigenvalue weighted by Gasteiger charge is -2.21. The molecule has 0 aliphatic carbocycles. The van der Waals surface area contributed by atoms with Crippen molar-refractivity contribution < 1.29 is 13.9 Å². The molecule has 1 saturated heterocycles. The number of rotatable bonds is 4. The van der Waals surface area contributed by atoms with Crippen molar-refractivity contribution >= 4 is 11.8 Å². The molecule has 0 unspecified atom stereocenters. The van der Waals surface area contributed by atoms with Crippen LogP contribution in [0.3, 0.4) is 0 Å². The summed E-state index contributed by atoms with van der Waals surface area (Å²) in [4.78, 5) is 19.2. The first-order valence-corrected chi connectivity index (χ1v) is 9.34. The van der Waals surface area contributed by atoms with E-state index in [1.807, 2.05) is 23.7 Å². The van der Waals surface area contributed by atoms with Gasteiger partial charge >= 0.3 is 5.97 Å². The molecule has 1 aliphatic heterocycles. The fraction of sp³-hybridized carbons (Fsp3) is 0.273. The van der Waals surface area contributed by atoms with Crippen molar-refractivity contribution in [2.24, 2.45) is 7.05 Å². The summed E-state index contributed by atoms with van der Waals surface area (Å²) in [6.45, 7) is 1.86. The summed E-state index contributed by atoms with van der Waals surface area (Å²) in [5.41, 5.74) is 3.89. The zero-order chi connectivity index (χ0) is 19.7. The number of halogens is 1. The molecule has 6 heteroatoms. The van der Waals surface area contributed by atoms with Crippen LogP contribution in [0.1, 0.15) is 23.3 Å². The molecule has 1 aromatic carbocycles. The maximum absolute atomic E-state index is 13.6. The van der Waals surface area contributed by atoms with Gasteiger partial charge in [0, 0.05) is 43.7 Å². The van der Waals surface area contributed by atoms with Crippen LogP contribution in [0.2, 0.25) is 0 Å². The van der Waals surface area contributed by atoms with Gasteiger partial charge < -0.3 is 14.2 Å². The van der Waals surface area contributed by atoms with Crippen molar-refractivity contribution in [2.75, 3.05) is 25.1 Å². The van der Waals surface area contributed by atoms with E-state index in [1.165, 1.54) is 19.2 Å². The van der Waals surface area contributed by atoms with E-state index in [1.54, 1.807) is 24.5 Å². The minimum absolute atomic E-state index is 0.315. The second-order valence-corrected chi connectivity index (χ2v) is 6.91. The molecule has 28 heavy (non-hydrogen) atoms. The molecular formula is C22H22FN3O2. The Balaban J connectivity index is 2.07. The number of ether oxygens (including phenoxy) is 1. The lowest BCUT2D eigenvalue weighted by atomic mass is 9.96. The van der Waals surface area contributed by atoms with Gasteiger partial charge in [0.1, 0.15) is 17.3 Å². The van der Waals surface area contributed by atoms with E-state index in [2.05, 4.69) is 9.88 Å². The third kappa shape index (κ3) is 3.05. The van der Waals surface area contributed by atoms with Crippen LogP contribution in [0.15, 0.2) is 48.8 Å². The summed E-state index contributed by atoms with van der Waals surface area (Å²) >= 11 is 0. The SMILES string of the molecule is COC(=O)c1c(-c2ccc(F)cc2)c(-c2ccncc2)c(N2CCCC2)n1C. The number of benzene rings is 1. The Labute approximate surface area is 163 Å². The molecule has 1 aliphatic rings. The van der Waals surface area contributed by atoms with Crippen LogP contribution >= 0.6 is 0 Å². The topological polar surface area (TPSA) is 47.4 Å². The molecule has 3 heterocycles. The fourth-order valence-corrected chi connectivity index (χ4v) is 4.00. The summed E-state index contributed by atoms with van der Waals surface area (Å²) in [7, 11) is 3.27. The van der Waals surface area contributed by atoms with Gasteiger partial charge in [-0.2, -0.15) is 0 Å². The molecule has 5 nitrogen and oxygen atoms in total. The predicted octanol–water partition coefficient (Wildman–Crippen LogP) is 4.28. The summed E-state index contributed by atoms with van der Waals surface area (Å²) in [5, 5.41) is 0. The van der Waals surface area contributed by atoms with Crippen molar-refractivity contribution in [3.8, 4) is 22.3 Å². The van der Waals surface area contributed by atoms with Gasteiger partial charge in [0.05, 0.1) is 7.11 Å². The van der Waals surface area contributed by atoms with E-state index in [4.69, 9.17) is 4.74 Å². The number of hydrogen-bond acceptors (Lipinski definition) is 4. The smallest absolute Gasteiger partial charge is 0.355 e. The summed E-state index contributed by atoms with van der Waals surface area (Å²) < 4.78 is 20.6. The number of hydrogen-bond donors (Lipinski definition) is 0. The average Bonchev–Trinajstić information content (AvgIpc) is 3.34. The van der Waals surface area contributed by atoms with Gasteiger partial charge in [-0.25, -0.2) is 9.18 Å². The van der Waals surface area contributed by atoms with Gasteiger partial charge in [-0.05, 0) is 48.2 Å². The Kier molecular flexibility index (Phi) is 4.86. The minimum Gasteiger partial charge on any atom is -0.464 e. The van der Waals surface area contributed by atoms with E-state index in [-0.39, 0.29) is 5.82 Å². The largest absolute Gasteiger partial charge is 0.464 e. The number of esters is 1. The summed E-state index contributed by atoms with van der Waals surface area (Å²) in [6, 6.07) is 10.1. The van der Waals surface area contributed by atoms with Crippen LogP contribution in [0.25, 0.3) is 22.3 Å². The van der Waals surface area contributed by atoms with Crippen molar-refractivity contribution in [1.82, 2.24) is 9.55 Å². The second-order valence-electron chi connectivity index (χ2n) is 6.91. The quantitative estimate of drug-likeness (QED) is 0.635. The Hall–Kier alpha value is -3.15. The van der Waals surface area contributed by atoms with Gasteiger partial charge in [0.15, 0.2) is 0 Å². The number of carbonyl (C=O) groups is 1. The van der Waals surface area contributed by atoms with Gasteiger partial charge in [-0.15, -0.1) is 0 Å². The molecule has 0 saturated carbocycles. The molecule has 1 fully saturated rings. The molecule has 144 valence electrons. The molecule has 0 amide bonds. The van der Waals surface area contributed by atoms with E-state index in [0.29, 0.717) is 5.69 Å². The van der Waals surface area contributed by atoms with Crippen LogP contribution in [-0.4, -0.2) is 35.7 Å². The number of pyridine rings is 1. The van der Waals surface area contributed by atoms with E-state index >= 15 is 0 Å². The maximum atomic E-state index is 13.6. The van der Waals surface area contributed by atoms with E-state index < -0.39 is 5.97 Å². The van der Waals surface area contributed by atoms with Crippen molar-refractivity contribution in [3.63, 3.8) is 0 Å². The monoisotopic (exact) mass is 379 g/mol. The zero-order valence-electron chi connectivity index (χ0n) is 16.0. The molecule has 0 bridgehead atoms. The first kappa shape index (κ1) is 18.2. The number of aromatic nitrogens is 2.